The van der Waals surface area contributed by atoms with E-state index in [4.69, 9.17) is 16.3 Å². The van der Waals surface area contributed by atoms with E-state index in [0.29, 0.717) is 17.2 Å². The summed E-state index contributed by atoms with van der Waals surface area (Å²) in [5, 5.41) is 3.47. The summed E-state index contributed by atoms with van der Waals surface area (Å²) in [5.74, 6) is -0.583. The Morgan fingerprint density at radius 1 is 1.10 bits per heavy atom. The first-order chi connectivity index (χ1) is 14.3. The molecule has 2 atom stereocenters. The second kappa shape index (κ2) is 11.6. The summed E-state index contributed by atoms with van der Waals surface area (Å²) >= 11 is 6.29. The van der Waals surface area contributed by atoms with Crippen molar-refractivity contribution in [3.8, 4) is 5.75 Å². The van der Waals surface area contributed by atoms with E-state index in [0.717, 1.165) is 12.0 Å². The highest BCUT2D eigenvalue weighted by Crippen LogP contribution is 2.20. The molecule has 0 saturated carbocycles. The minimum absolute atomic E-state index is 0.000666. The Morgan fingerprint density at radius 3 is 2.37 bits per heavy atom. The monoisotopic (exact) mass is 434 g/mol. The number of carbonyl (C=O) groups is 2. The van der Waals surface area contributed by atoms with Crippen LogP contribution in [0.4, 0.5) is 4.39 Å². The number of benzene rings is 2. The fraction of sp³-hybridized carbons (Fsp3) is 0.391. The Balaban J connectivity index is 2.21. The lowest BCUT2D eigenvalue weighted by Crippen LogP contribution is -2.51. The van der Waals surface area contributed by atoms with E-state index in [1.807, 2.05) is 39.0 Å². The third-order valence-electron chi connectivity index (χ3n) is 4.86. The topological polar surface area (TPSA) is 58.6 Å². The van der Waals surface area contributed by atoms with Crippen molar-refractivity contribution in [2.75, 3.05) is 6.61 Å². The lowest BCUT2D eigenvalue weighted by atomic mass is 10.1. The molecule has 0 aliphatic heterocycles. The quantitative estimate of drug-likeness (QED) is 0.595. The number of carbonyl (C=O) groups excluding carboxylic acids is 2. The van der Waals surface area contributed by atoms with Gasteiger partial charge in [-0.2, -0.15) is 0 Å². The van der Waals surface area contributed by atoms with Crippen molar-refractivity contribution in [2.24, 2.45) is 0 Å². The van der Waals surface area contributed by atoms with Crippen molar-refractivity contribution in [1.82, 2.24) is 10.2 Å². The number of halogens is 2. The highest BCUT2D eigenvalue weighted by molar-refractivity contribution is 6.31. The fourth-order valence-corrected chi connectivity index (χ4v) is 3.13. The van der Waals surface area contributed by atoms with E-state index in [9.17, 15) is 14.0 Å². The van der Waals surface area contributed by atoms with Gasteiger partial charge in [-0.1, -0.05) is 43.6 Å². The molecule has 0 fully saturated rings. The fourth-order valence-electron chi connectivity index (χ4n) is 2.93. The van der Waals surface area contributed by atoms with Crippen molar-refractivity contribution in [1.29, 1.82) is 0 Å². The van der Waals surface area contributed by atoms with Crippen LogP contribution in [-0.2, 0) is 16.1 Å². The second-order valence-corrected chi connectivity index (χ2v) is 7.50. The molecule has 2 amide bonds. The van der Waals surface area contributed by atoms with Gasteiger partial charge in [-0.15, -0.1) is 0 Å². The van der Waals surface area contributed by atoms with Crippen LogP contribution in [0, 0.1) is 5.82 Å². The van der Waals surface area contributed by atoms with Crippen LogP contribution in [0.25, 0.3) is 0 Å². The maximum atomic E-state index is 13.1. The van der Waals surface area contributed by atoms with Crippen LogP contribution in [0.2, 0.25) is 5.02 Å². The molecule has 0 radical (unpaired) electrons. The molecular weight excluding hydrogens is 407 g/mol. The van der Waals surface area contributed by atoms with Gasteiger partial charge in [-0.25, -0.2) is 4.39 Å². The third-order valence-corrected chi connectivity index (χ3v) is 5.23. The van der Waals surface area contributed by atoms with Gasteiger partial charge >= 0.3 is 0 Å². The minimum atomic E-state index is -0.667. The SMILES string of the molecule is CC[C@@H](C)NC(=O)[C@H](CC)N(Cc1ccccc1Cl)C(=O)COc1ccc(F)cc1. The number of nitrogens with zero attached hydrogens (tertiary/aromatic N) is 1. The number of rotatable bonds is 10. The van der Waals surface area contributed by atoms with E-state index < -0.39 is 6.04 Å². The Labute approximate surface area is 182 Å². The maximum absolute atomic E-state index is 13.1. The molecule has 0 heterocycles. The summed E-state index contributed by atoms with van der Waals surface area (Å²) in [6.45, 7) is 5.66. The molecule has 0 aromatic heterocycles. The van der Waals surface area contributed by atoms with Gasteiger partial charge in [0.1, 0.15) is 17.6 Å². The molecule has 5 nitrogen and oxygen atoms in total. The molecular formula is C23H28ClFN2O3. The first-order valence-corrected chi connectivity index (χ1v) is 10.4. The van der Waals surface area contributed by atoms with Crippen molar-refractivity contribution < 1.29 is 18.7 Å². The van der Waals surface area contributed by atoms with Gasteiger partial charge in [0.15, 0.2) is 6.61 Å². The smallest absolute Gasteiger partial charge is 0.261 e. The molecule has 0 spiro atoms. The molecule has 1 N–H and O–H groups in total. The zero-order valence-electron chi connectivity index (χ0n) is 17.5. The molecule has 162 valence electrons. The van der Waals surface area contributed by atoms with Crippen molar-refractivity contribution in [2.45, 2.75) is 52.2 Å². The van der Waals surface area contributed by atoms with Crippen molar-refractivity contribution in [3.05, 3.63) is 64.9 Å². The van der Waals surface area contributed by atoms with Gasteiger partial charge in [-0.05, 0) is 55.7 Å². The van der Waals surface area contributed by atoms with E-state index in [1.54, 1.807) is 6.07 Å². The third kappa shape index (κ3) is 6.73. The van der Waals surface area contributed by atoms with E-state index in [-0.39, 0.29) is 36.8 Å². The number of ether oxygens (including phenoxy) is 1. The molecule has 2 aromatic rings. The van der Waals surface area contributed by atoms with Crippen molar-refractivity contribution >= 4 is 23.4 Å². The lowest BCUT2D eigenvalue weighted by molar-refractivity contribution is -0.143. The zero-order chi connectivity index (χ0) is 22.1. The highest BCUT2D eigenvalue weighted by atomic mass is 35.5. The molecule has 2 aromatic carbocycles. The number of hydrogen-bond donors (Lipinski definition) is 1. The first kappa shape index (κ1) is 23.7. The van der Waals surface area contributed by atoms with E-state index in [1.165, 1.54) is 29.2 Å². The molecule has 0 aliphatic carbocycles. The molecule has 30 heavy (non-hydrogen) atoms. The van der Waals surface area contributed by atoms with Crippen LogP contribution in [-0.4, -0.2) is 35.4 Å². The second-order valence-electron chi connectivity index (χ2n) is 7.10. The van der Waals surface area contributed by atoms with Crippen LogP contribution in [0.1, 0.15) is 39.2 Å². The van der Waals surface area contributed by atoms with E-state index >= 15 is 0 Å². The summed E-state index contributed by atoms with van der Waals surface area (Å²) in [6.07, 6.45) is 1.23. The number of amides is 2. The molecule has 0 bridgehead atoms. The Kier molecular flexibility index (Phi) is 9.12. The predicted molar refractivity (Wildman–Crippen MR) is 116 cm³/mol. The summed E-state index contributed by atoms with van der Waals surface area (Å²) in [5.41, 5.74) is 0.740. The molecule has 0 saturated heterocycles. The van der Waals surface area contributed by atoms with Gasteiger partial charge in [0.2, 0.25) is 5.91 Å². The highest BCUT2D eigenvalue weighted by Gasteiger charge is 2.30. The van der Waals surface area contributed by atoms with Gasteiger partial charge in [0.25, 0.3) is 5.91 Å². The average Bonchev–Trinajstić information content (AvgIpc) is 2.74. The molecule has 7 heteroatoms. The molecule has 2 rings (SSSR count). The van der Waals surface area contributed by atoms with Gasteiger partial charge in [-0.3, -0.25) is 9.59 Å². The summed E-state index contributed by atoms with van der Waals surface area (Å²) < 4.78 is 18.6. The largest absolute Gasteiger partial charge is 0.484 e. The average molecular weight is 435 g/mol. The normalized spacial score (nSPS) is 12.7. The zero-order valence-corrected chi connectivity index (χ0v) is 18.3. The lowest BCUT2D eigenvalue weighted by Gasteiger charge is -2.31. The van der Waals surface area contributed by atoms with Crippen LogP contribution in [0.3, 0.4) is 0 Å². The standard InChI is InChI=1S/C23H28ClFN2O3/c1-4-16(3)26-23(29)21(5-2)27(14-17-8-6-7-9-20(17)24)22(28)15-30-19-12-10-18(25)11-13-19/h6-13,16,21H,4-5,14-15H2,1-3H3,(H,26,29)/t16-,21+/m1/s1. The Hall–Kier alpha value is -2.60. The molecule has 0 unspecified atom stereocenters. The maximum Gasteiger partial charge on any atom is 0.261 e. The number of nitrogens with one attached hydrogen (secondary N) is 1. The van der Waals surface area contributed by atoms with Crippen LogP contribution in [0.15, 0.2) is 48.5 Å². The minimum Gasteiger partial charge on any atom is -0.484 e. The van der Waals surface area contributed by atoms with Crippen LogP contribution in [0.5, 0.6) is 5.75 Å². The Morgan fingerprint density at radius 2 is 1.77 bits per heavy atom. The predicted octanol–water partition coefficient (Wildman–Crippen LogP) is 4.58. The number of hydrogen-bond acceptors (Lipinski definition) is 3. The van der Waals surface area contributed by atoms with Crippen LogP contribution >= 0.6 is 11.6 Å². The van der Waals surface area contributed by atoms with Gasteiger partial charge < -0.3 is 15.0 Å². The van der Waals surface area contributed by atoms with Gasteiger partial charge in [0, 0.05) is 17.6 Å². The first-order valence-electron chi connectivity index (χ1n) is 10.1. The summed E-state index contributed by atoms with van der Waals surface area (Å²) in [4.78, 5) is 27.4. The van der Waals surface area contributed by atoms with E-state index in [2.05, 4.69) is 5.32 Å². The van der Waals surface area contributed by atoms with Crippen molar-refractivity contribution in [3.63, 3.8) is 0 Å². The molecule has 0 aliphatic rings. The summed E-state index contributed by atoms with van der Waals surface area (Å²) in [6, 6.07) is 12.0. The summed E-state index contributed by atoms with van der Waals surface area (Å²) in [7, 11) is 0. The Bertz CT molecular complexity index is 845. The van der Waals surface area contributed by atoms with Crippen LogP contribution < -0.4 is 10.1 Å². The van der Waals surface area contributed by atoms with Gasteiger partial charge in [0.05, 0.1) is 0 Å².